The Hall–Kier alpha value is -3.76. The number of aldehydes is 1. The lowest BCUT2D eigenvalue weighted by atomic mass is 10.0. The minimum atomic E-state index is 0.0198. The van der Waals surface area contributed by atoms with Crippen LogP contribution in [0.5, 0.6) is 0 Å². The molecule has 140 valence electrons. The van der Waals surface area contributed by atoms with E-state index in [0.717, 1.165) is 56.0 Å². The van der Waals surface area contributed by atoms with Crippen LogP contribution < -0.4 is 0 Å². The van der Waals surface area contributed by atoms with Gasteiger partial charge in [0.15, 0.2) is 0 Å². The standard InChI is InChI=1S/C25H18N2O2/c28-13-3-4-17-11-12-27-20(14-17)15-22-21-5-1-2-6-23(21)26-24(25(22)27)19-9-7-18(16-29)8-10-19/h1-15,29H,16H2/b4-3+. The summed E-state index contributed by atoms with van der Waals surface area (Å²) in [6, 6.07) is 22.2. The zero-order valence-electron chi connectivity index (χ0n) is 15.6. The highest BCUT2D eigenvalue weighted by atomic mass is 16.3. The molecule has 0 amide bonds. The average Bonchev–Trinajstić information content (AvgIpc) is 3.16. The highest BCUT2D eigenvalue weighted by Crippen LogP contribution is 2.35. The number of rotatable bonds is 4. The van der Waals surface area contributed by atoms with Crippen molar-refractivity contribution in [1.82, 2.24) is 9.38 Å². The second-order valence-electron chi connectivity index (χ2n) is 6.99. The van der Waals surface area contributed by atoms with Crippen molar-refractivity contribution < 1.29 is 9.90 Å². The Kier molecular flexibility index (Phi) is 4.19. The summed E-state index contributed by atoms with van der Waals surface area (Å²) in [7, 11) is 0. The third-order valence-corrected chi connectivity index (χ3v) is 5.22. The van der Waals surface area contributed by atoms with Gasteiger partial charge in [0.1, 0.15) is 6.29 Å². The van der Waals surface area contributed by atoms with E-state index in [2.05, 4.69) is 22.6 Å². The smallest absolute Gasteiger partial charge is 0.142 e. The van der Waals surface area contributed by atoms with E-state index in [0.29, 0.717) is 0 Å². The van der Waals surface area contributed by atoms with Gasteiger partial charge in [0.25, 0.3) is 0 Å². The lowest BCUT2D eigenvalue weighted by Gasteiger charge is -2.09. The fraction of sp³-hybridized carbons (Fsp3) is 0.0400. The van der Waals surface area contributed by atoms with Gasteiger partial charge in [0.2, 0.25) is 0 Å². The Bertz CT molecular complexity index is 1400. The van der Waals surface area contributed by atoms with Crippen LogP contribution in [0.1, 0.15) is 11.1 Å². The number of aliphatic hydroxyl groups excluding tert-OH is 1. The Balaban J connectivity index is 1.86. The van der Waals surface area contributed by atoms with Gasteiger partial charge in [0.05, 0.1) is 23.3 Å². The number of benzene rings is 2. The molecule has 0 atom stereocenters. The molecule has 0 unspecified atom stereocenters. The molecule has 0 aliphatic rings. The van der Waals surface area contributed by atoms with Crippen LogP contribution in [0.3, 0.4) is 0 Å². The van der Waals surface area contributed by atoms with Gasteiger partial charge in [-0.2, -0.15) is 0 Å². The number of para-hydroxylation sites is 1. The van der Waals surface area contributed by atoms with Crippen LogP contribution in [-0.4, -0.2) is 20.8 Å². The largest absolute Gasteiger partial charge is 0.392 e. The van der Waals surface area contributed by atoms with E-state index in [1.807, 2.05) is 54.7 Å². The molecular weight excluding hydrogens is 360 g/mol. The minimum absolute atomic E-state index is 0.0198. The molecule has 0 saturated carbocycles. The summed E-state index contributed by atoms with van der Waals surface area (Å²) in [6.07, 6.45) is 6.10. The maximum Gasteiger partial charge on any atom is 0.142 e. The Labute approximate surface area is 167 Å². The fourth-order valence-corrected chi connectivity index (χ4v) is 3.84. The van der Waals surface area contributed by atoms with Gasteiger partial charge in [-0.3, -0.25) is 4.79 Å². The molecule has 0 spiro atoms. The SMILES string of the molecule is O=C/C=C/c1ccn2c(c1)cc1c3ccccc3nc(-c3ccc(CO)cc3)c12. The minimum Gasteiger partial charge on any atom is -0.392 e. The third kappa shape index (κ3) is 2.91. The zero-order valence-corrected chi connectivity index (χ0v) is 15.6. The maximum atomic E-state index is 10.7. The van der Waals surface area contributed by atoms with Crippen LogP contribution in [0.4, 0.5) is 0 Å². The lowest BCUT2D eigenvalue weighted by molar-refractivity contribution is -0.104. The van der Waals surface area contributed by atoms with Gasteiger partial charge in [-0.1, -0.05) is 48.5 Å². The molecule has 29 heavy (non-hydrogen) atoms. The number of carbonyl (C=O) groups excluding carboxylic acids is 1. The fourth-order valence-electron chi connectivity index (χ4n) is 3.84. The predicted molar refractivity (Wildman–Crippen MR) is 117 cm³/mol. The normalized spacial score (nSPS) is 11.8. The molecule has 5 rings (SSSR count). The van der Waals surface area contributed by atoms with E-state index < -0.39 is 0 Å². The maximum absolute atomic E-state index is 10.7. The van der Waals surface area contributed by atoms with Crippen molar-refractivity contribution in [2.24, 2.45) is 0 Å². The molecule has 0 aliphatic heterocycles. The summed E-state index contributed by atoms with van der Waals surface area (Å²) in [6.45, 7) is 0.0198. The number of pyridine rings is 2. The van der Waals surface area contributed by atoms with E-state index >= 15 is 0 Å². The van der Waals surface area contributed by atoms with Gasteiger partial charge in [-0.25, -0.2) is 4.98 Å². The van der Waals surface area contributed by atoms with Crippen molar-refractivity contribution in [3.8, 4) is 11.3 Å². The van der Waals surface area contributed by atoms with E-state index in [9.17, 15) is 9.90 Å². The number of carbonyl (C=O) groups is 1. The second kappa shape index (κ2) is 7.00. The monoisotopic (exact) mass is 378 g/mol. The van der Waals surface area contributed by atoms with E-state index in [1.54, 1.807) is 6.08 Å². The van der Waals surface area contributed by atoms with E-state index in [1.165, 1.54) is 6.08 Å². The first-order valence-corrected chi connectivity index (χ1v) is 9.44. The second-order valence-corrected chi connectivity index (χ2v) is 6.99. The van der Waals surface area contributed by atoms with Gasteiger partial charge in [-0.15, -0.1) is 0 Å². The lowest BCUT2D eigenvalue weighted by Crippen LogP contribution is -1.93. The third-order valence-electron chi connectivity index (χ3n) is 5.22. The van der Waals surface area contributed by atoms with Crippen molar-refractivity contribution in [3.05, 3.63) is 90.1 Å². The highest BCUT2D eigenvalue weighted by Gasteiger charge is 2.15. The topological polar surface area (TPSA) is 54.6 Å². The van der Waals surface area contributed by atoms with Gasteiger partial charge in [-0.05, 0) is 41.5 Å². The molecule has 0 fully saturated rings. The first kappa shape index (κ1) is 17.3. The van der Waals surface area contributed by atoms with Gasteiger partial charge >= 0.3 is 0 Å². The predicted octanol–water partition coefficient (Wildman–Crippen LogP) is 5.01. The summed E-state index contributed by atoms with van der Waals surface area (Å²) in [5.74, 6) is 0. The van der Waals surface area contributed by atoms with Crippen LogP contribution >= 0.6 is 0 Å². The van der Waals surface area contributed by atoms with Crippen LogP contribution in [-0.2, 0) is 11.4 Å². The van der Waals surface area contributed by atoms with E-state index in [4.69, 9.17) is 4.98 Å². The van der Waals surface area contributed by atoms with Crippen molar-refractivity contribution >= 4 is 39.7 Å². The summed E-state index contributed by atoms with van der Waals surface area (Å²) >= 11 is 0. The van der Waals surface area contributed by atoms with Crippen LogP contribution in [0.25, 0.3) is 44.7 Å². The number of aromatic nitrogens is 2. The number of nitrogens with zero attached hydrogens (tertiary/aromatic N) is 2. The quantitative estimate of drug-likeness (QED) is 0.353. The van der Waals surface area contributed by atoms with Crippen LogP contribution in [0, 0.1) is 0 Å². The molecule has 4 nitrogen and oxygen atoms in total. The summed E-state index contributed by atoms with van der Waals surface area (Å²) in [5.41, 5.74) is 6.78. The molecule has 1 N–H and O–H groups in total. The van der Waals surface area contributed by atoms with Gasteiger partial charge < -0.3 is 9.51 Å². The molecule has 4 heteroatoms. The zero-order chi connectivity index (χ0) is 19.8. The molecule has 3 aromatic heterocycles. The molecule has 2 aromatic carbocycles. The molecule has 5 aromatic rings. The molecule has 0 radical (unpaired) electrons. The Morgan fingerprint density at radius 3 is 2.59 bits per heavy atom. The van der Waals surface area contributed by atoms with E-state index in [-0.39, 0.29) is 6.61 Å². The Morgan fingerprint density at radius 2 is 1.79 bits per heavy atom. The van der Waals surface area contributed by atoms with Crippen molar-refractivity contribution in [3.63, 3.8) is 0 Å². The van der Waals surface area contributed by atoms with Gasteiger partial charge in [0, 0.05) is 28.0 Å². The van der Waals surface area contributed by atoms with Crippen molar-refractivity contribution in [2.75, 3.05) is 0 Å². The van der Waals surface area contributed by atoms with Crippen LogP contribution in [0.2, 0.25) is 0 Å². The summed E-state index contributed by atoms with van der Waals surface area (Å²) in [4.78, 5) is 15.6. The van der Waals surface area contributed by atoms with Crippen molar-refractivity contribution in [1.29, 1.82) is 0 Å². The number of allylic oxidation sites excluding steroid dienone is 1. The highest BCUT2D eigenvalue weighted by molar-refractivity contribution is 6.12. The molecule has 0 saturated heterocycles. The number of hydrogen-bond donors (Lipinski definition) is 1. The first-order chi connectivity index (χ1) is 14.3. The summed E-state index contributed by atoms with van der Waals surface area (Å²) < 4.78 is 2.14. The number of aliphatic hydroxyl groups is 1. The number of fused-ring (bicyclic) bond motifs is 5. The average molecular weight is 378 g/mol. The Morgan fingerprint density at radius 1 is 0.966 bits per heavy atom. The molecule has 3 heterocycles. The molecule has 0 aliphatic carbocycles. The summed E-state index contributed by atoms with van der Waals surface area (Å²) in [5, 5.41) is 11.6. The van der Waals surface area contributed by atoms with Crippen LogP contribution in [0.15, 0.2) is 79.0 Å². The molecule has 0 bridgehead atoms. The molecular formula is C25H18N2O2. The van der Waals surface area contributed by atoms with Crippen molar-refractivity contribution in [2.45, 2.75) is 6.61 Å². The number of hydrogen-bond acceptors (Lipinski definition) is 3. The first-order valence-electron chi connectivity index (χ1n) is 9.44.